The highest BCUT2D eigenvalue weighted by Gasteiger charge is 1.99. The summed E-state index contributed by atoms with van der Waals surface area (Å²) in [6, 6.07) is 17.9. The van der Waals surface area contributed by atoms with E-state index in [1.165, 1.54) is 0 Å². The summed E-state index contributed by atoms with van der Waals surface area (Å²) < 4.78 is 1.96. The van der Waals surface area contributed by atoms with Gasteiger partial charge in [0.2, 0.25) is 0 Å². The van der Waals surface area contributed by atoms with Gasteiger partial charge in [-0.3, -0.25) is 0 Å². The molecule has 0 aliphatic rings. The summed E-state index contributed by atoms with van der Waals surface area (Å²) in [7, 11) is 0. The van der Waals surface area contributed by atoms with Gasteiger partial charge in [-0.2, -0.15) is 5.26 Å². The van der Waals surface area contributed by atoms with Crippen molar-refractivity contribution in [1.82, 2.24) is 9.55 Å². The summed E-state index contributed by atoms with van der Waals surface area (Å²) in [5.41, 5.74) is 4.00. The van der Waals surface area contributed by atoms with Gasteiger partial charge in [-0.15, -0.1) is 0 Å². The Morgan fingerprint density at radius 1 is 0.895 bits per heavy atom. The molecule has 3 rings (SSSR count). The van der Waals surface area contributed by atoms with Gasteiger partial charge in [0.15, 0.2) is 0 Å². The fourth-order valence-electron chi connectivity index (χ4n) is 1.98. The van der Waals surface area contributed by atoms with Crippen LogP contribution in [0.3, 0.4) is 0 Å². The van der Waals surface area contributed by atoms with Crippen LogP contribution in [-0.2, 0) is 0 Å². The van der Waals surface area contributed by atoms with E-state index in [-0.39, 0.29) is 0 Å². The van der Waals surface area contributed by atoms with Crippen LogP contribution in [0.1, 0.15) is 5.56 Å². The Hall–Kier alpha value is -2.86. The quantitative estimate of drug-likeness (QED) is 0.694. The predicted octanol–water partition coefficient (Wildman–Crippen LogP) is 3.41. The van der Waals surface area contributed by atoms with Gasteiger partial charge in [-0.1, -0.05) is 24.3 Å². The average Bonchev–Trinajstić information content (AvgIpc) is 3.02. The third-order valence-corrected chi connectivity index (χ3v) is 3.02. The van der Waals surface area contributed by atoms with E-state index >= 15 is 0 Å². The SMILES string of the molecule is N#Cc1ccc(-c2ccc(-n3ccnc3)cc2)cc1. The highest BCUT2D eigenvalue weighted by atomic mass is 15.0. The Balaban J connectivity index is 1.92. The van der Waals surface area contributed by atoms with Crippen molar-refractivity contribution < 1.29 is 0 Å². The van der Waals surface area contributed by atoms with Crippen molar-refractivity contribution in [2.45, 2.75) is 0 Å². The minimum Gasteiger partial charge on any atom is -0.306 e. The smallest absolute Gasteiger partial charge is 0.0991 e. The second kappa shape index (κ2) is 4.79. The third-order valence-electron chi connectivity index (χ3n) is 3.02. The molecule has 0 saturated heterocycles. The van der Waals surface area contributed by atoms with Gasteiger partial charge in [0, 0.05) is 18.1 Å². The van der Waals surface area contributed by atoms with Crippen LogP contribution in [0.5, 0.6) is 0 Å². The average molecular weight is 245 g/mol. The molecule has 1 heterocycles. The number of rotatable bonds is 2. The van der Waals surface area contributed by atoms with Crippen LogP contribution in [0.25, 0.3) is 16.8 Å². The molecule has 0 spiro atoms. The van der Waals surface area contributed by atoms with Gasteiger partial charge in [0.05, 0.1) is 18.0 Å². The minimum atomic E-state index is 0.679. The Labute approximate surface area is 111 Å². The van der Waals surface area contributed by atoms with Crippen molar-refractivity contribution in [3.63, 3.8) is 0 Å². The zero-order valence-corrected chi connectivity index (χ0v) is 10.2. The summed E-state index contributed by atoms with van der Waals surface area (Å²) in [4.78, 5) is 4.03. The highest BCUT2D eigenvalue weighted by Crippen LogP contribution is 2.21. The number of benzene rings is 2. The summed E-state index contributed by atoms with van der Waals surface area (Å²) in [5, 5.41) is 8.78. The number of aromatic nitrogens is 2. The molecular weight excluding hydrogens is 234 g/mol. The Bertz CT molecular complexity index is 702. The Kier molecular flexibility index (Phi) is 2.83. The van der Waals surface area contributed by atoms with Crippen molar-refractivity contribution in [1.29, 1.82) is 5.26 Å². The maximum Gasteiger partial charge on any atom is 0.0991 e. The van der Waals surface area contributed by atoms with Crippen molar-refractivity contribution >= 4 is 0 Å². The van der Waals surface area contributed by atoms with E-state index in [1.807, 2.05) is 35.0 Å². The second-order valence-corrected chi connectivity index (χ2v) is 4.21. The molecule has 3 heteroatoms. The van der Waals surface area contributed by atoms with Crippen LogP contribution >= 0.6 is 0 Å². The van der Waals surface area contributed by atoms with Gasteiger partial charge in [0.1, 0.15) is 0 Å². The van der Waals surface area contributed by atoms with Crippen molar-refractivity contribution in [2.24, 2.45) is 0 Å². The monoisotopic (exact) mass is 245 g/mol. The molecule has 19 heavy (non-hydrogen) atoms. The zero-order valence-electron chi connectivity index (χ0n) is 10.2. The number of hydrogen-bond donors (Lipinski definition) is 0. The van der Waals surface area contributed by atoms with Crippen LogP contribution in [0, 0.1) is 11.3 Å². The molecule has 0 radical (unpaired) electrons. The first-order chi connectivity index (χ1) is 9.36. The molecule has 0 fully saturated rings. The van der Waals surface area contributed by atoms with Crippen molar-refractivity contribution in [3.05, 3.63) is 72.8 Å². The van der Waals surface area contributed by atoms with Crippen LogP contribution in [0.15, 0.2) is 67.3 Å². The molecule has 0 bridgehead atoms. The lowest BCUT2D eigenvalue weighted by molar-refractivity contribution is 1.06. The zero-order chi connectivity index (χ0) is 13.1. The largest absolute Gasteiger partial charge is 0.306 e. The van der Waals surface area contributed by atoms with E-state index < -0.39 is 0 Å². The van der Waals surface area contributed by atoms with E-state index in [9.17, 15) is 0 Å². The van der Waals surface area contributed by atoms with Crippen LogP contribution < -0.4 is 0 Å². The topological polar surface area (TPSA) is 41.6 Å². The van der Waals surface area contributed by atoms with Crippen LogP contribution in [-0.4, -0.2) is 9.55 Å². The van der Waals surface area contributed by atoms with Gasteiger partial charge in [-0.25, -0.2) is 4.98 Å². The third kappa shape index (κ3) is 2.24. The fraction of sp³-hybridized carbons (Fsp3) is 0. The molecule has 3 nitrogen and oxygen atoms in total. The van der Waals surface area contributed by atoms with Crippen LogP contribution in [0.4, 0.5) is 0 Å². The number of nitrogens with zero attached hydrogens (tertiary/aromatic N) is 3. The minimum absolute atomic E-state index is 0.679. The maximum absolute atomic E-state index is 8.78. The molecule has 2 aromatic carbocycles. The molecule has 1 aromatic heterocycles. The summed E-state index contributed by atoms with van der Waals surface area (Å²) in [5.74, 6) is 0. The molecule has 0 aliphatic carbocycles. The normalized spacial score (nSPS) is 10.1. The summed E-state index contributed by atoms with van der Waals surface area (Å²) >= 11 is 0. The van der Waals surface area contributed by atoms with E-state index in [1.54, 1.807) is 12.5 Å². The van der Waals surface area contributed by atoms with Gasteiger partial charge < -0.3 is 4.57 Å². The van der Waals surface area contributed by atoms with E-state index in [4.69, 9.17) is 5.26 Å². The Morgan fingerprint density at radius 2 is 1.53 bits per heavy atom. The first kappa shape index (κ1) is 11.2. The fourth-order valence-corrected chi connectivity index (χ4v) is 1.98. The first-order valence-corrected chi connectivity index (χ1v) is 5.96. The van der Waals surface area contributed by atoms with Gasteiger partial charge >= 0.3 is 0 Å². The molecule has 0 unspecified atom stereocenters. The first-order valence-electron chi connectivity index (χ1n) is 5.96. The van der Waals surface area contributed by atoms with Crippen molar-refractivity contribution in [2.75, 3.05) is 0 Å². The number of imidazole rings is 1. The number of hydrogen-bond acceptors (Lipinski definition) is 2. The lowest BCUT2D eigenvalue weighted by Gasteiger charge is -2.05. The highest BCUT2D eigenvalue weighted by molar-refractivity contribution is 5.65. The van der Waals surface area contributed by atoms with Crippen LogP contribution in [0.2, 0.25) is 0 Å². The second-order valence-electron chi connectivity index (χ2n) is 4.21. The van der Waals surface area contributed by atoms with Gasteiger partial charge in [0.25, 0.3) is 0 Å². The van der Waals surface area contributed by atoms with Crippen molar-refractivity contribution in [3.8, 4) is 22.9 Å². The maximum atomic E-state index is 8.78. The lowest BCUT2D eigenvalue weighted by atomic mass is 10.0. The molecule has 0 saturated carbocycles. The summed E-state index contributed by atoms with van der Waals surface area (Å²) in [6.07, 6.45) is 5.45. The molecular formula is C16H11N3. The summed E-state index contributed by atoms with van der Waals surface area (Å²) in [6.45, 7) is 0. The number of nitriles is 1. The van der Waals surface area contributed by atoms with E-state index in [0.717, 1.165) is 16.8 Å². The van der Waals surface area contributed by atoms with E-state index in [2.05, 4.69) is 35.3 Å². The molecule has 0 aliphatic heterocycles. The molecule has 0 N–H and O–H groups in total. The standard InChI is InChI=1S/C16H11N3/c17-11-13-1-3-14(4-2-13)15-5-7-16(8-6-15)19-10-9-18-12-19/h1-10,12H. The predicted molar refractivity (Wildman–Crippen MR) is 73.7 cm³/mol. The molecule has 0 atom stereocenters. The lowest BCUT2D eigenvalue weighted by Crippen LogP contribution is -1.89. The van der Waals surface area contributed by atoms with Gasteiger partial charge in [-0.05, 0) is 35.4 Å². The Morgan fingerprint density at radius 3 is 2.05 bits per heavy atom. The van der Waals surface area contributed by atoms with E-state index in [0.29, 0.717) is 5.56 Å². The molecule has 0 amide bonds. The molecule has 90 valence electrons. The molecule has 3 aromatic rings.